The monoisotopic (exact) mass is 426 g/mol. The van der Waals surface area contributed by atoms with Crippen molar-refractivity contribution in [3.8, 4) is 5.75 Å². The highest BCUT2D eigenvalue weighted by molar-refractivity contribution is 7.12. The van der Waals surface area contributed by atoms with Crippen LogP contribution in [0.1, 0.15) is 65.7 Å². The number of rotatable bonds is 6. The first kappa shape index (κ1) is 20.9. The van der Waals surface area contributed by atoms with Gasteiger partial charge in [-0.1, -0.05) is 12.1 Å². The third-order valence-electron chi connectivity index (χ3n) is 6.06. The minimum atomic E-state index is -0.444. The number of thiophene rings is 1. The molecule has 4 rings (SSSR count). The average molecular weight is 427 g/mol. The van der Waals surface area contributed by atoms with Gasteiger partial charge in [0, 0.05) is 13.1 Å². The second kappa shape index (κ2) is 9.65. The fourth-order valence-electron chi connectivity index (χ4n) is 4.38. The summed E-state index contributed by atoms with van der Waals surface area (Å²) in [5, 5.41) is 4.92. The maximum atomic E-state index is 13.5. The van der Waals surface area contributed by atoms with Gasteiger partial charge in [0.2, 0.25) is 5.91 Å². The quantitative estimate of drug-likeness (QED) is 0.729. The number of amides is 2. The number of benzene rings is 1. The molecule has 1 aliphatic heterocycles. The molecule has 0 bridgehead atoms. The van der Waals surface area contributed by atoms with Crippen LogP contribution >= 0.6 is 11.3 Å². The van der Waals surface area contributed by atoms with Crippen molar-refractivity contribution >= 4 is 23.2 Å². The van der Waals surface area contributed by atoms with Crippen molar-refractivity contribution in [2.75, 3.05) is 6.54 Å². The van der Waals surface area contributed by atoms with Gasteiger partial charge in [-0.15, -0.1) is 11.3 Å². The van der Waals surface area contributed by atoms with Crippen molar-refractivity contribution in [3.05, 3.63) is 51.7 Å². The van der Waals surface area contributed by atoms with E-state index in [1.165, 1.54) is 24.2 Å². The lowest BCUT2D eigenvalue weighted by atomic mass is 10.1. The number of aryl methyl sites for hydroxylation is 1. The number of nitrogens with one attached hydrogen (secondary N) is 1. The normalized spacial score (nSPS) is 19.9. The van der Waals surface area contributed by atoms with Crippen LogP contribution in [0.25, 0.3) is 0 Å². The first-order valence-electron chi connectivity index (χ1n) is 11.0. The molecule has 1 aromatic heterocycles. The summed E-state index contributed by atoms with van der Waals surface area (Å²) in [5.41, 5.74) is 1.95. The van der Waals surface area contributed by atoms with Crippen LogP contribution in [0.5, 0.6) is 5.75 Å². The zero-order valence-corrected chi connectivity index (χ0v) is 18.4. The van der Waals surface area contributed by atoms with Gasteiger partial charge in [0.05, 0.1) is 11.0 Å². The van der Waals surface area contributed by atoms with Crippen molar-refractivity contribution in [3.63, 3.8) is 0 Å². The Morgan fingerprint density at radius 2 is 1.97 bits per heavy atom. The molecule has 1 saturated carbocycles. The highest BCUT2D eigenvalue weighted by Crippen LogP contribution is 2.27. The summed E-state index contributed by atoms with van der Waals surface area (Å²) >= 11 is 1.44. The summed E-state index contributed by atoms with van der Waals surface area (Å²) < 4.78 is 6.16. The van der Waals surface area contributed by atoms with E-state index in [1.807, 2.05) is 42.6 Å². The molecule has 2 aromatic rings. The molecule has 1 atom stereocenters. The van der Waals surface area contributed by atoms with E-state index in [0.717, 1.165) is 42.6 Å². The molecule has 1 aromatic carbocycles. The molecule has 5 nitrogen and oxygen atoms in total. The van der Waals surface area contributed by atoms with Crippen molar-refractivity contribution in [2.45, 2.75) is 70.6 Å². The van der Waals surface area contributed by atoms with Crippen LogP contribution in [0.3, 0.4) is 0 Å². The minimum absolute atomic E-state index is 0.0478. The van der Waals surface area contributed by atoms with Crippen LogP contribution in [0, 0.1) is 6.92 Å². The Bertz CT molecular complexity index is 888. The lowest BCUT2D eigenvalue weighted by molar-refractivity contribution is -0.125. The van der Waals surface area contributed by atoms with E-state index < -0.39 is 6.04 Å². The molecular formula is C24H30N2O3S. The van der Waals surface area contributed by atoms with Gasteiger partial charge in [0.25, 0.3) is 5.91 Å². The van der Waals surface area contributed by atoms with Gasteiger partial charge in [0.1, 0.15) is 11.8 Å². The second-order valence-electron chi connectivity index (χ2n) is 8.34. The van der Waals surface area contributed by atoms with Gasteiger partial charge in [-0.2, -0.15) is 0 Å². The Hall–Kier alpha value is -2.34. The average Bonchev–Trinajstić information content (AvgIpc) is 3.35. The van der Waals surface area contributed by atoms with E-state index >= 15 is 0 Å². The predicted octanol–water partition coefficient (Wildman–Crippen LogP) is 4.69. The maximum absolute atomic E-state index is 13.5. The molecule has 0 unspecified atom stereocenters. The highest BCUT2D eigenvalue weighted by Gasteiger charge is 2.32. The first-order valence-corrected chi connectivity index (χ1v) is 11.9. The van der Waals surface area contributed by atoms with Crippen LogP contribution in [0.4, 0.5) is 0 Å². The Balaban J connectivity index is 1.58. The summed E-state index contributed by atoms with van der Waals surface area (Å²) in [7, 11) is 0. The van der Waals surface area contributed by atoms with Crippen molar-refractivity contribution < 1.29 is 14.3 Å². The number of ether oxygens (including phenoxy) is 1. The summed E-state index contributed by atoms with van der Waals surface area (Å²) in [6, 6.07) is 9.51. The Morgan fingerprint density at radius 1 is 1.17 bits per heavy atom. The van der Waals surface area contributed by atoms with E-state index in [2.05, 4.69) is 5.32 Å². The standard InChI is InChI=1S/C24H30N2O3S/c1-17-12-14-30-22(17)24(28)26(21-11-4-5-13-25-23(21)27)16-18-7-6-10-20(15-18)29-19-8-2-3-9-19/h6-7,10,12,14-15,19,21H,2-5,8-9,11,13,16H2,1H3,(H,25,27)/t21-/m0/s1. The third kappa shape index (κ3) is 4.86. The summed E-state index contributed by atoms with van der Waals surface area (Å²) in [6.45, 7) is 3.03. The van der Waals surface area contributed by atoms with E-state index in [1.54, 1.807) is 4.90 Å². The van der Waals surface area contributed by atoms with Crippen LogP contribution in [-0.2, 0) is 11.3 Å². The first-order chi connectivity index (χ1) is 14.6. The summed E-state index contributed by atoms with van der Waals surface area (Å²) in [6.07, 6.45) is 7.53. The molecule has 1 saturated heterocycles. The van der Waals surface area contributed by atoms with Gasteiger partial charge in [-0.05, 0) is 86.6 Å². The smallest absolute Gasteiger partial charge is 0.265 e. The fraction of sp³-hybridized carbons (Fsp3) is 0.500. The molecule has 1 aliphatic carbocycles. The number of carbonyl (C=O) groups excluding carboxylic acids is 2. The fourth-order valence-corrected chi connectivity index (χ4v) is 5.26. The van der Waals surface area contributed by atoms with E-state index in [9.17, 15) is 9.59 Å². The second-order valence-corrected chi connectivity index (χ2v) is 9.26. The van der Waals surface area contributed by atoms with Crippen LogP contribution in [0.2, 0.25) is 0 Å². The van der Waals surface area contributed by atoms with Crippen molar-refractivity contribution in [1.82, 2.24) is 10.2 Å². The van der Waals surface area contributed by atoms with E-state index in [4.69, 9.17) is 4.74 Å². The Labute approximate surface area is 182 Å². The zero-order chi connectivity index (χ0) is 20.9. The molecule has 30 heavy (non-hydrogen) atoms. The molecule has 6 heteroatoms. The van der Waals surface area contributed by atoms with Gasteiger partial charge >= 0.3 is 0 Å². The SMILES string of the molecule is Cc1ccsc1C(=O)N(Cc1cccc(OC2CCCC2)c1)[C@H]1CCCCNC1=O. The Morgan fingerprint density at radius 3 is 2.73 bits per heavy atom. The van der Waals surface area contributed by atoms with Gasteiger partial charge < -0.3 is 15.0 Å². The number of hydrogen-bond acceptors (Lipinski definition) is 4. The molecule has 2 amide bonds. The molecule has 160 valence electrons. The molecule has 1 N–H and O–H groups in total. The van der Waals surface area contributed by atoms with Gasteiger partial charge in [0.15, 0.2) is 0 Å². The number of carbonyl (C=O) groups is 2. The minimum Gasteiger partial charge on any atom is -0.490 e. The zero-order valence-electron chi connectivity index (χ0n) is 17.6. The largest absolute Gasteiger partial charge is 0.490 e. The molecule has 2 aliphatic rings. The molecule has 2 heterocycles. The topological polar surface area (TPSA) is 58.6 Å². The number of hydrogen-bond donors (Lipinski definition) is 1. The van der Waals surface area contributed by atoms with Crippen LogP contribution in [-0.4, -0.2) is 35.4 Å². The van der Waals surface area contributed by atoms with Crippen molar-refractivity contribution in [2.24, 2.45) is 0 Å². The number of nitrogens with zero attached hydrogens (tertiary/aromatic N) is 1. The summed E-state index contributed by atoms with van der Waals surface area (Å²) in [5.74, 6) is 0.740. The van der Waals surface area contributed by atoms with Crippen LogP contribution in [0.15, 0.2) is 35.7 Å². The highest BCUT2D eigenvalue weighted by atomic mass is 32.1. The van der Waals surface area contributed by atoms with E-state index in [0.29, 0.717) is 30.5 Å². The van der Waals surface area contributed by atoms with Crippen molar-refractivity contribution in [1.29, 1.82) is 0 Å². The molecule has 2 fully saturated rings. The molecular weight excluding hydrogens is 396 g/mol. The molecule has 0 radical (unpaired) electrons. The van der Waals surface area contributed by atoms with E-state index in [-0.39, 0.29) is 11.8 Å². The Kier molecular flexibility index (Phi) is 6.72. The van der Waals surface area contributed by atoms with Gasteiger partial charge in [-0.25, -0.2) is 0 Å². The maximum Gasteiger partial charge on any atom is 0.265 e. The lowest BCUT2D eigenvalue weighted by Crippen LogP contribution is -2.48. The summed E-state index contributed by atoms with van der Waals surface area (Å²) in [4.78, 5) is 28.7. The molecule has 0 spiro atoms. The predicted molar refractivity (Wildman–Crippen MR) is 119 cm³/mol. The van der Waals surface area contributed by atoms with Crippen LogP contribution < -0.4 is 10.1 Å². The van der Waals surface area contributed by atoms with Gasteiger partial charge in [-0.3, -0.25) is 9.59 Å². The lowest BCUT2D eigenvalue weighted by Gasteiger charge is -2.30. The third-order valence-corrected chi connectivity index (χ3v) is 7.06.